The van der Waals surface area contributed by atoms with Crippen LogP contribution in [-0.4, -0.2) is 43.8 Å². The Morgan fingerprint density at radius 2 is 1.89 bits per heavy atom. The number of furan rings is 1. The molecule has 0 aliphatic carbocycles. The summed E-state index contributed by atoms with van der Waals surface area (Å²) in [5.41, 5.74) is 3.09. The molecule has 0 saturated carbocycles. The molecule has 4 rings (SSSR count). The van der Waals surface area contributed by atoms with E-state index in [4.69, 9.17) is 18.6 Å². The summed E-state index contributed by atoms with van der Waals surface area (Å²) in [4.78, 5) is 36.6. The Morgan fingerprint density at radius 1 is 1.06 bits per heavy atom. The minimum absolute atomic E-state index is 0.234. The van der Waals surface area contributed by atoms with Crippen molar-refractivity contribution in [3.63, 3.8) is 0 Å². The summed E-state index contributed by atoms with van der Waals surface area (Å²) in [6, 6.07) is 13.1. The quantitative estimate of drug-likeness (QED) is 0.144. The molecule has 0 bridgehead atoms. The van der Waals surface area contributed by atoms with Gasteiger partial charge in [-0.15, -0.1) is 0 Å². The lowest BCUT2D eigenvalue weighted by Crippen LogP contribution is -2.35. The predicted molar refractivity (Wildman–Crippen MR) is 133 cm³/mol. The molecular weight excluding hydrogens is 534 g/mol. The number of carbonyl (C=O) groups excluding carboxylic acids is 3. The number of benzene rings is 2. The Morgan fingerprint density at radius 3 is 2.69 bits per heavy atom. The van der Waals surface area contributed by atoms with Gasteiger partial charge in [-0.2, -0.15) is 5.10 Å². The standard InChI is InChI=1S/C25H20BrN3O7/c26-18-4-7-20(36-24(31)8-5-19-2-1-9-33-19)17(12-18)14-28-29-23(30)15-27-25(32)16-3-6-21-22(13-16)35-11-10-34-21/h1-9,12-14H,10-11,15H2,(H,27,32)(H,29,30)/b8-5+,28-14-. The summed E-state index contributed by atoms with van der Waals surface area (Å²) < 4.78 is 22.1. The van der Waals surface area contributed by atoms with E-state index < -0.39 is 17.8 Å². The first kappa shape index (κ1) is 24.7. The summed E-state index contributed by atoms with van der Waals surface area (Å²) in [6.45, 7) is 0.549. The highest BCUT2D eigenvalue weighted by Crippen LogP contribution is 2.30. The summed E-state index contributed by atoms with van der Waals surface area (Å²) >= 11 is 3.35. The Bertz CT molecular complexity index is 1320. The first-order valence-electron chi connectivity index (χ1n) is 10.7. The van der Waals surface area contributed by atoms with Gasteiger partial charge in [-0.1, -0.05) is 15.9 Å². The normalized spacial score (nSPS) is 12.5. The van der Waals surface area contributed by atoms with Crippen molar-refractivity contribution in [3.05, 3.63) is 82.2 Å². The summed E-state index contributed by atoms with van der Waals surface area (Å²) in [5, 5.41) is 6.40. The van der Waals surface area contributed by atoms with E-state index in [-0.39, 0.29) is 12.3 Å². The molecule has 0 radical (unpaired) electrons. The van der Waals surface area contributed by atoms with E-state index in [9.17, 15) is 14.4 Å². The zero-order valence-electron chi connectivity index (χ0n) is 18.7. The van der Waals surface area contributed by atoms with E-state index in [2.05, 4.69) is 31.8 Å². The molecule has 11 heteroatoms. The molecule has 1 aliphatic heterocycles. The summed E-state index contributed by atoms with van der Waals surface area (Å²) in [5.74, 6) is 0.169. The van der Waals surface area contributed by atoms with E-state index in [0.717, 1.165) is 0 Å². The number of hydrogen-bond acceptors (Lipinski definition) is 8. The van der Waals surface area contributed by atoms with Crippen LogP contribution in [-0.2, 0) is 9.59 Å². The van der Waals surface area contributed by atoms with Gasteiger partial charge in [0.15, 0.2) is 11.5 Å². The number of esters is 1. The minimum atomic E-state index is -0.616. The third-order valence-corrected chi connectivity index (χ3v) is 5.21. The third kappa shape index (κ3) is 6.83. The van der Waals surface area contributed by atoms with Crippen LogP contribution < -0.4 is 25.0 Å². The van der Waals surface area contributed by atoms with Gasteiger partial charge in [0.2, 0.25) is 0 Å². The Balaban J connectivity index is 1.30. The maximum atomic E-state index is 12.4. The van der Waals surface area contributed by atoms with E-state index >= 15 is 0 Å². The molecule has 2 amide bonds. The number of rotatable bonds is 8. The van der Waals surface area contributed by atoms with Gasteiger partial charge in [-0.05, 0) is 54.6 Å². The van der Waals surface area contributed by atoms with Gasteiger partial charge in [0.25, 0.3) is 11.8 Å². The average Bonchev–Trinajstić information content (AvgIpc) is 3.41. The van der Waals surface area contributed by atoms with Crippen LogP contribution in [0.5, 0.6) is 17.2 Å². The molecule has 0 saturated heterocycles. The smallest absolute Gasteiger partial charge is 0.336 e. The van der Waals surface area contributed by atoms with E-state index in [1.165, 1.54) is 24.6 Å². The molecule has 10 nitrogen and oxygen atoms in total. The molecule has 36 heavy (non-hydrogen) atoms. The lowest BCUT2D eigenvalue weighted by atomic mass is 10.2. The number of ether oxygens (including phenoxy) is 3. The second-order valence-corrected chi connectivity index (χ2v) is 8.20. The van der Waals surface area contributed by atoms with Crippen molar-refractivity contribution < 1.29 is 33.0 Å². The number of nitrogens with one attached hydrogen (secondary N) is 2. The number of nitrogens with zero attached hydrogens (tertiary/aromatic N) is 1. The molecule has 1 aromatic heterocycles. The lowest BCUT2D eigenvalue weighted by molar-refractivity contribution is -0.129. The molecule has 3 aromatic rings. The van der Waals surface area contributed by atoms with E-state index in [0.29, 0.717) is 46.1 Å². The number of fused-ring (bicyclic) bond motifs is 1. The Hall–Kier alpha value is -4.38. The fourth-order valence-electron chi connectivity index (χ4n) is 3.05. The van der Waals surface area contributed by atoms with Crippen molar-refractivity contribution in [2.75, 3.05) is 19.8 Å². The second-order valence-electron chi connectivity index (χ2n) is 7.29. The number of hydrazone groups is 1. The number of halogens is 1. The number of amides is 2. The molecule has 0 atom stereocenters. The molecule has 0 spiro atoms. The van der Waals surface area contributed by atoms with Crippen molar-refractivity contribution in [1.29, 1.82) is 0 Å². The van der Waals surface area contributed by atoms with Crippen LogP contribution in [0.15, 0.2) is 74.9 Å². The zero-order valence-corrected chi connectivity index (χ0v) is 20.3. The second kappa shape index (κ2) is 11.8. The van der Waals surface area contributed by atoms with Crippen molar-refractivity contribution in [3.8, 4) is 17.2 Å². The molecule has 2 aromatic carbocycles. The summed E-state index contributed by atoms with van der Waals surface area (Å²) in [7, 11) is 0. The first-order chi connectivity index (χ1) is 17.5. The molecule has 1 aliphatic rings. The fraction of sp³-hybridized carbons (Fsp3) is 0.120. The third-order valence-electron chi connectivity index (χ3n) is 4.72. The minimum Gasteiger partial charge on any atom is -0.486 e. The largest absolute Gasteiger partial charge is 0.486 e. The van der Waals surface area contributed by atoms with Gasteiger partial charge in [0.1, 0.15) is 24.7 Å². The van der Waals surface area contributed by atoms with Crippen molar-refractivity contribution in [1.82, 2.24) is 10.7 Å². The molecule has 0 unspecified atom stereocenters. The Labute approximate surface area is 214 Å². The molecule has 184 valence electrons. The zero-order chi connectivity index (χ0) is 25.3. The number of carbonyl (C=O) groups is 3. The van der Waals surface area contributed by atoms with Crippen LogP contribution in [0.2, 0.25) is 0 Å². The average molecular weight is 554 g/mol. The van der Waals surface area contributed by atoms with E-state index in [1.807, 2.05) is 0 Å². The highest BCUT2D eigenvalue weighted by Gasteiger charge is 2.15. The molecular formula is C25H20BrN3O7. The predicted octanol–water partition coefficient (Wildman–Crippen LogP) is 3.31. The number of hydrogen-bond donors (Lipinski definition) is 2. The van der Waals surface area contributed by atoms with Crippen molar-refractivity contribution >= 4 is 46.0 Å². The molecule has 2 N–H and O–H groups in total. The Kier molecular flexibility index (Phi) is 8.14. The SMILES string of the molecule is O=C(CNC(=O)c1ccc2c(c1)OCCO2)N/N=C\c1cc(Br)ccc1OC(=O)/C=C/c1ccco1. The van der Waals surface area contributed by atoms with Gasteiger partial charge in [0.05, 0.1) is 19.0 Å². The first-order valence-corrected chi connectivity index (χ1v) is 11.5. The van der Waals surface area contributed by atoms with Crippen molar-refractivity contribution in [2.24, 2.45) is 5.10 Å². The van der Waals surface area contributed by atoms with E-state index in [1.54, 1.807) is 48.5 Å². The highest BCUT2D eigenvalue weighted by atomic mass is 79.9. The van der Waals surface area contributed by atoms with Crippen LogP contribution in [0.3, 0.4) is 0 Å². The van der Waals surface area contributed by atoms with Crippen molar-refractivity contribution in [2.45, 2.75) is 0 Å². The van der Waals surface area contributed by atoms with Crippen LogP contribution >= 0.6 is 15.9 Å². The highest BCUT2D eigenvalue weighted by molar-refractivity contribution is 9.10. The molecule has 2 heterocycles. The maximum absolute atomic E-state index is 12.4. The topological polar surface area (TPSA) is 128 Å². The molecule has 0 fully saturated rings. The van der Waals surface area contributed by atoms with Gasteiger partial charge >= 0.3 is 5.97 Å². The monoisotopic (exact) mass is 553 g/mol. The van der Waals surface area contributed by atoms with Gasteiger partial charge < -0.3 is 23.9 Å². The summed E-state index contributed by atoms with van der Waals surface area (Å²) in [6.07, 6.45) is 5.53. The van der Waals surface area contributed by atoms with Gasteiger partial charge in [0, 0.05) is 21.7 Å². The maximum Gasteiger partial charge on any atom is 0.336 e. The van der Waals surface area contributed by atoms with Crippen LogP contribution in [0.25, 0.3) is 6.08 Å². The van der Waals surface area contributed by atoms with Gasteiger partial charge in [-0.25, -0.2) is 10.2 Å². The van der Waals surface area contributed by atoms with Crippen LogP contribution in [0.1, 0.15) is 21.7 Å². The fourth-order valence-corrected chi connectivity index (χ4v) is 3.43. The lowest BCUT2D eigenvalue weighted by Gasteiger charge is -2.18. The van der Waals surface area contributed by atoms with Crippen LogP contribution in [0, 0.1) is 0 Å². The van der Waals surface area contributed by atoms with Crippen LogP contribution in [0.4, 0.5) is 0 Å². The van der Waals surface area contributed by atoms with Gasteiger partial charge in [-0.3, -0.25) is 9.59 Å².